The van der Waals surface area contributed by atoms with E-state index in [1.54, 1.807) is 36.4 Å². The molecule has 0 bridgehead atoms. The summed E-state index contributed by atoms with van der Waals surface area (Å²) in [7, 11) is 1.44. The van der Waals surface area contributed by atoms with Crippen molar-refractivity contribution >= 4 is 29.7 Å². The van der Waals surface area contributed by atoms with E-state index in [0.717, 1.165) is 5.56 Å². The Morgan fingerprint density at radius 1 is 1.26 bits per heavy atom. The Balaban J connectivity index is 1.85. The smallest absolute Gasteiger partial charge is 0.322 e. The van der Waals surface area contributed by atoms with E-state index in [-0.39, 0.29) is 17.5 Å². The maximum Gasteiger partial charge on any atom is 0.322 e. The van der Waals surface area contributed by atoms with Crippen molar-refractivity contribution in [2.45, 2.75) is 18.3 Å². The number of rotatable bonds is 7. The number of hydrogen-bond acceptors (Lipinski definition) is 5. The SMILES string of the molecule is COc1c(NC=O)cccc1OC(=O)C1(c2cccc(NC(=N)N)c2)CC1. The van der Waals surface area contributed by atoms with Gasteiger partial charge in [-0.05, 0) is 42.7 Å². The van der Waals surface area contributed by atoms with Crippen LogP contribution < -0.4 is 25.8 Å². The van der Waals surface area contributed by atoms with Crippen LogP contribution in [0.5, 0.6) is 11.5 Å². The average Bonchev–Trinajstić information content (AvgIpc) is 3.44. The van der Waals surface area contributed by atoms with Crippen molar-refractivity contribution in [3.8, 4) is 11.5 Å². The zero-order chi connectivity index (χ0) is 19.4. The molecule has 3 rings (SSSR count). The number of guanidine groups is 1. The number of hydrogen-bond donors (Lipinski definition) is 4. The molecule has 5 N–H and O–H groups in total. The van der Waals surface area contributed by atoms with Crippen molar-refractivity contribution in [1.29, 1.82) is 5.41 Å². The van der Waals surface area contributed by atoms with Gasteiger partial charge >= 0.3 is 5.97 Å². The number of nitrogens with one attached hydrogen (secondary N) is 3. The molecule has 0 saturated heterocycles. The molecule has 0 aliphatic heterocycles. The lowest BCUT2D eigenvalue weighted by Gasteiger charge is -2.18. The molecule has 27 heavy (non-hydrogen) atoms. The Morgan fingerprint density at radius 3 is 2.63 bits per heavy atom. The molecule has 0 unspecified atom stereocenters. The van der Waals surface area contributed by atoms with E-state index in [9.17, 15) is 9.59 Å². The maximum atomic E-state index is 12.9. The number of esters is 1. The number of para-hydroxylation sites is 1. The minimum absolute atomic E-state index is 0.177. The standard InChI is InChI=1S/C19H20N4O4/c1-26-16-14(22-11-24)6-3-7-15(16)27-17(25)19(8-9-19)12-4-2-5-13(10-12)23-18(20)21/h2-7,10-11H,8-9H2,1H3,(H,22,24)(H4,20,21,23). The monoisotopic (exact) mass is 368 g/mol. The van der Waals surface area contributed by atoms with Gasteiger partial charge in [0.25, 0.3) is 0 Å². The Hall–Kier alpha value is -3.55. The fourth-order valence-electron chi connectivity index (χ4n) is 2.97. The van der Waals surface area contributed by atoms with Gasteiger partial charge in [-0.25, -0.2) is 0 Å². The van der Waals surface area contributed by atoms with Crippen LogP contribution in [0, 0.1) is 5.41 Å². The minimum Gasteiger partial charge on any atom is -0.491 e. The lowest BCUT2D eigenvalue weighted by atomic mass is 9.95. The van der Waals surface area contributed by atoms with Crippen molar-refractivity contribution in [2.24, 2.45) is 5.73 Å². The lowest BCUT2D eigenvalue weighted by molar-refractivity contribution is -0.137. The number of benzene rings is 2. The second-order valence-electron chi connectivity index (χ2n) is 6.19. The third-order valence-electron chi connectivity index (χ3n) is 4.44. The molecule has 8 heteroatoms. The second-order valence-corrected chi connectivity index (χ2v) is 6.19. The van der Waals surface area contributed by atoms with Crippen molar-refractivity contribution in [1.82, 2.24) is 0 Å². The van der Waals surface area contributed by atoms with Crippen LogP contribution in [0.25, 0.3) is 0 Å². The summed E-state index contributed by atoms with van der Waals surface area (Å²) in [4.78, 5) is 23.6. The molecule has 140 valence electrons. The number of carbonyl (C=O) groups is 2. The molecule has 2 aromatic carbocycles. The molecule has 0 aromatic heterocycles. The Labute approximate surface area is 156 Å². The first-order valence-corrected chi connectivity index (χ1v) is 8.31. The number of nitrogens with two attached hydrogens (primary N) is 1. The van der Waals surface area contributed by atoms with Crippen LogP contribution in [0.2, 0.25) is 0 Å². The highest BCUT2D eigenvalue weighted by Crippen LogP contribution is 2.50. The van der Waals surface area contributed by atoms with Gasteiger partial charge in [-0.15, -0.1) is 0 Å². The summed E-state index contributed by atoms with van der Waals surface area (Å²) < 4.78 is 10.9. The van der Waals surface area contributed by atoms with Crippen molar-refractivity contribution < 1.29 is 19.1 Å². The first kappa shape index (κ1) is 18.2. The van der Waals surface area contributed by atoms with E-state index in [4.69, 9.17) is 20.6 Å². The van der Waals surface area contributed by atoms with Crippen molar-refractivity contribution in [2.75, 3.05) is 17.7 Å². The van der Waals surface area contributed by atoms with E-state index in [1.165, 1.54) is 7.11 Å². The van der Waals surface area contributed by atoms with Crippen LogP contribution in [0.1, 0.15) is 18.4 Å². The quantitative estimate of drug-likeness (QED) is 0.195. The maximum absolute atomic E-state index is 12.9. The van der Waals surface area contributed by atoms with Crippen LogP contribution >= 0.6 is 0 Å². The van der Waals surface area contributed by atoms with E-state index >= 15 is 0 Å². The summed E-state index contributed by atoms with van der Waals surface area (Å²) in [6.45, 7) is 0. The highest BCUT2D eigenvalue weighted by molar-refractivity contribution is 5.92. The predicted molar refractivity (Wildman–Crippen MR) is 101 cm³/mol. The fourth-order valence-corrected chi connectivity index (χ4v) is 2.97. The van der Waals surface area contributed by atoms with Gasteiger partial charge in [-0.1, -0.05) is 18.2 Å². The van der Waals surface area contributed by atoms with Crippen LogP contribution in [-0.2, 0) is 15.0 Å². The molecule has 1 aliphatic rings. The summed E-state index contributed by atoms with van der Waals surface area (Å²) in [6, 6.07) is 12.1. The average molecular weight is 368 g/mol. The Morgan fingerprint density at radius 2 is 2.00 bits per heavy atom. The highest BCUT2D eigenvalue weighted by atomic mass is 16.6. The zero-order valence-electron chi connectivity index (χ0n) is 14.7. The minimum atomic E-state index is -0.742. The van der Waals surface area contributed by atoms with Crippen LogP contribution in [0.15, 0.2) is 42.5 Å². The molecule has 1 aliphatic carbocycles. The molecule has 0 atom stereocenters. The molecule has 0 radical (unpaired) electrons. The van der Waals surface area contributed by atoms with Gasteiger partial charge in [-0.2, -0.15) is 0 Å². The molecule has 8 nitrogen and oxygen atoms in total. The van der Waals surface area contributed by atoms with Crippen LogP contribution in [-0.4, -0.2) is 25.4 Å². The third-order valence-corrected chi connectivity index (χ3v) is 4.44. The Kier molecular flexibility index (Phi) is 4.98. The first-order valence-electron chi connectivity index (χ1n) is 8.31. The molecule has 1 fully saturated rings. The van der Waals surface area contributed by atoms with Crippen molar-refractivity contribution in [3.05, 3.63) is 48.0 Å². The molecular weight excluding hydrogens is 348 g/mol. The topological polar surface area (TPSA) is 127 Å². The van der Waals surface area contributed by atoms with Gasteiger partial charge in [0.2, 0.25) is 6.41 Å². The normalized spacial score (nSPS) is 14.0. The van der Waals surface area contributed by atoms with Crippen LogP contribution in [0.4, 0.5) is 11.4 Å². The lowest BCUT2D eigenvalue weighted by Crippen LogP contribution is -2.26. The number of carbonyl (C=O) groups excluding carboxylic acids is 2. The summed E-state index contributed by atoms with van der Waals surface area (Å²) in [5.74, 6) is -0.0628. The largest absolute Gasteiger partial charge is 0.491 e. The number of methoxy groups -OCH3 is 1. The molecule has 0 spiro atoms. The van der Waals surface area contributed by atoms with E-state index in [1.807, 2.05) is 6.07 Å². The summed E-state index contributed by atoms with van der Waals surface area (Å²) in [6.07, 6.45) is 1.84. The summed E-state index contributed by atoms with van der Waals surface area (Å²) in [5, 5.41) is 12.6. The zero-order valence-corrected chi connectivity index (χ0v) is 14.7. The van der Waals surface area contributed by atoms with Gasteiger partial charge in [0, 0.05) is 5.69 Å². The summed E-state index contributed by atoms with van der Waals surface area (Å²) >= 11 is 0. The van der Waals surface area contributed by atoms with E-state index < -0.39 is 11.4 Å². The molecular formula is C19H20N4O4. The molecule has 1 saturated carbocycles. The van der Waals surface area contributed by atoms with E-state index in [0.29, 0.717) is 30.6 Å². The second kappa shape index (κ2) is 7.36. The third kappa shape index (κ3) is 3.69. The molecule has 2 aromatic rings. The predicted octanol–water partition coefficient (Wildman–Crippen LogP) is 2.21. The molecule has 1 amide bonds. The van der Waals surface area contributed by atoms with Gasteiger partial charge < -0.3 is 25.8 Å². The number of anilines is 2. The number of amides is 1. The van der Waals surface area contributed by atoms with E-state index in [2.05, 4.69) is 10.6 Å². The first-order chi connectivity index (χ1) is 13.0. The van der Waals surface area contributed by atoms with Crippen LogP contribution in [0.3, 0.4) is 0 Å². The Bertz CT molecular complexity index is 893. The summed E-state index contributed by atoms with van der Waals surface area (Å²) in [5.41, 5.74) is 6.46. The van der Waals surface area contributed by atoms with Gasteiger partial charge in [0.1, 0.15) is 0 Å². The van der Waals surface area contributed by atoms with Crippen molar-refractivity contribution in [3.63, 3.8) is 0 Å². The van der Waals surface area contributed by atoms with Gasteiger partial charge in [-0.3, -0.25) is 15.0 Å². The highest BCUT2D eigenvalue weighted by Gasteiger charge is 2.53. The van der Waals surface area contributed by atoms with Gasteiger partial charge in [0.05, 0.1) is 18.2 Å². The fraction of sp³-hybridized carbons (Fsp3) is 0.211. The van der Waals surface area contributed by atoms with Gasteiger partial charge in [0.15, 0.2) is 17.5 Å². The number of ether oxygens (including phenoxy) is 2. The molecule has 0 heterocycles.